The highest BCUT2D eigenvalue weighted by Crippen LogP contribution is 2.39. The summed E-state index contributed by atoms with van der Waals surface area (Å²) < 4.78 is 47.6. The minimum absolute atomic E-state index is 0.180. The van der Waals surface area contributed by atoms with Crippen LogP contribution < -0.4 is 25.6 Å². The summed E-state index contributed by atoms with van der Waals surface area (Å²) in [6, 6.07) is 18.6. The van der Waals surface area contributed by atoms with Gasteiger partial charge in [-0.25, -0.2) is 4.98 Å². The average Bonchev–Trinajstić information content (AvgIpc) is 3.04. The number of piperazine rings is 1. The number of nitrogens with one attached hydrogen (secondary N) is 3. The van der Waals surface area contributed by atoms with Crippen molar-refractivity contribution in [2.24, 2.45) is 0 Å². The Balaban J connectivity index is 1.26. The van der Waals surface area contributed by atoms with Crippen molar-refractivity contribution in [3.8, 4) is 5.75 Å². The van der Waals surface area contributed by atoms with Gasteiger partial charge in [-0.05, 0) is 61.5 Å². The molecule has 236 valence electrons. The van der Waals surface area contributed by atoms with Gasteiger partial charge in [-0.2, -0.15) is 13.2 Å². The number of anilines is 5. The molecule has 0 aliphatic carbocycles. The van der Waals surface area contributed by atoms with Crippen molar-refractivity contribution in [2.45, 2.75) is 26.1 Å². The molecule has 3 N–H and O–H groups in total. The number of amides is 1. The fourth-order valence-corrected chi connectivity index (χ4v) is 5.09. The highest BCUT2D eigenvalue weighted by molar-refractivity contribution is 6.05. The van der Waals surface area contributed by atoms with Gasteiger partial charge < -0.3 is 30.5 Å². The first-order valence-corrected chi connectivity index (χ1v) is 14.7. The molecule has 2 heterocycles. The third-order valence-corrected chi connectivity index (χ3v) is 7.63. The molecule has 12 heteroatoms. The van der Waals surface area contributed by atoms with Gasteiger partial charge in [0.15, 0.2) is 5.82 Å². The van der Waals surface area contributed by atoms with Crippen LogP contribution in [-0.4, -0.2) is 61.1 Å². The van der Waals surface area contributed by atoms with E-state index in [-0.39, 0.29) is 17.3 Å². The number of carbonyl (C=O) groups is 1. The molecule has 0 bridgehead atoms. The number of halogens is 3. The highest BCUT2D eigenvalue weighted by atomic mass is 19.4. The van der Waals surface area contributed by atoms with E-state index in [1.807, 2.05) is 38.2 Å². The summed E-state index contributed by atoms with van der Waals surface area (Å²) in [5.74, 6) is 1.14. The summed E-state index contributed by atoms with van der Waals surface area (Å²) in [6.07, 6.45) is -2.39. The lowest BCUT2D eigenvalue weighted by Gasteiger charge is -2.35. The molecule has 1 fully saturated rings. The molecule has 0 spiro atoms. The van der Waals surface area contributed by atoms with Crippen LogP contribution in [0.1, 0.15) is 34.1 Å². The number of carbonyl (C=O) groups excluding carboxylic acids is 1. The van der Waals surface area contributed by atoms with Gasteiger partial charge in [0.2, 0.25) is 0 Å². The minimum atomic E-state index is -4.51. The summed E-state index contributed by atoms with van der Waals surface area (Å²) >= 11 is 0. The molecule has 1 aromatic heterocycles. The second-order valence-electron chi connectivity index (χ2n) is 10.8. The van der Waals surface area contributed by atoms with Gasteiger partial charge >= 0.3 is 6.18 Å². The maximum Gasteiger partial charge on any atom is 0.418 e. The maximum absolute atomic E-state index is 14.1. The zero-order chi connectivity index (χ0) is 32.0. The van der Waals surface area contributed by atoms with E-state index >= 15 is 0 Å². The molecule has 0 saturated carbocycles. The Morgan fingerprint density at radius 2 is 1.73 bits per heavy atom. The maximum atomic E-state index is 14.1. The molecular weight excluding hydrogens is 583 g/mol. The van der Waals surface area contributed by atoms with Crippen LogP contribution in [0.5, 0.6) is 5.75 Å². The van der Waals surface area contributed by atoms with E-state index in [0.717, 1.165) is 17.3 Å². The predicted octanol–water partition coefficient (Wildman–Crippen LogP) is 6.43. The Morgan fingerprint density at radius 1 is 1.00 bits per heavy atom. The average molecular weight is 620 g/mol. The van der Waals surface area contributed by atoms with E-state index in [2.05, 4.69) is 30.8 Å². The van der Waals surface area contributed by atoms with Crippen LogP contribution in [0.25, 0.3) is 0 Å². The van der Waals surface area contributed by atoms with Crippen LogP contribution in [0, 0.1) is 0 Å². The quantitative estimate of drug-likeness (QED) is 0.187. The standard InChI is InChI=1S/C33H36F3N7O2/c1-4-26-31(38-20-22-9-11-23(12-10-22)32(44)40-27-7-5-6-8-29(27)45-3)41-30(21-37-26)39-24-13-14-28(25(19-24)33(34,35)36)43-17-15-42(2)16-18-43/h5-14,19,21H,4,15-18,20H2,1-3H3,(H,40,44)(H2,38,39,41). The van der Waals surface area contributed by atoms with E-state index in [1.54, 1.807) is 42.3 Å². The van der Waals surface area contributed by atoms with Crippen LogP contribution in [0.2, 0.25) is 0 Å². The third-order valence-electron chi connectivity index (χ3n) is 7.63. The molecule has 9 nitrogen and oxygen atoms in total. The first-order valence-electron chi connectivity index (χ1n) is 14.7. The molecule has 1 aliphatic rings. The molecule has 4 aromatic rings. The SMILES string of the molecule is CCc1ncc(Nc2ccc(N3CCN(C)CC3)c(C(F)(F)F)c2)nc1NCc1ccc(C(=O)Nc2ccccc2OC)cc1. The predicted molar refractivity (Wildman–Crippen MR) is 171 cm³/mol. The van der Waals surface area contributed by atoms with Crippen molar-refractivity contribution >= 4 is 34.6 Å². The van der Waals surface area contributed by atoms with Crippen molar-refractivity contribution < 1.29 is 22.7 Å². The summed E-state index contributed by atoms with van der Waals surface area (Å²) in [5, 5.41) is 9.14. The molecule has 1 aliphatic heterocycles. The van der Waals surface area contributed by atoms with Crippen molar-refractivity contribution in [3.63, 3.8) is 0 Å². The summed E-state index contributed by atoms with van der Waals surface area (Å²) in [5.41, 5.74) is 2.45. The number of alkyl halides is 3. The first-order chi connectivity index (χ1) is 21.6. The lowest BCUT2D eigenvalue weighted by Crippen LogP contribution is -2.45. The largest absolute Gasteiger partial charge is 0.495 e. The van der Waals surface area contributed by atoms with Gasteiger partial charge in [0.05, 0.1) is 30.3 Å². The van der Waals surface area contributed by atoms with Gasteiger partial charge in [0, 0.05) is 49.7 Å². The number of benzene rings is 3. The second-order valence-corrected chi connectivity index (χ2v) is 10.8. The lowest BCUT2D eigenvalue weighted by molar-refractivity contribution is -0.137. The first kappa shape index (κ1) is 31.6. The van der Waals surface area contributed by atoms with Gasteiger partial charge in [0.25, 0.3) is 5.91 Å². The van der Waals surface area contributed by atoms with E-state index in [4.69, 9.17) is 4.74 Å². The Hall–Kier alpha value is -4.84. The molecule has 45 heavy (non-hydrogen) atoms. The number of likely N-dealkylation sites (N-methyl/N-ethyl adjacent to an activating group) is 1. The third kappa shape index (κ3) is 7.82. The topological polar surface area (TPSA) is 94.7 Å². The number of aromatic nitrogens is 2. The van der Waals surface area contributed by atoms with Crippen molar-refractivity contribution in [1.29, 1.82) is 0 Å². The fraction of sp³-hybridized carbons (Fsp3) is 0.303. The number of nitrogens with zero attached hydrogens (tertiary/aromatic N) is 4. The van der Waals surface area contributed by atoms with Gasteiger partial charge in [0.1, 0.15) is 11.6 Å². The van der Waals surface area contributed by atoms with E-state index < -0.39 is 11.7 Å². The molecule has 0 radical (unpaired) electrons. The number of hydrogen-bond acceptors (Lipinski definition) is 8. The molecular formula is C33H36F3N7O2. The zero-order valence-electron chi connectivity index (χ0n) is 25.4. The van der Waals surface area contributed by atoms with Crippen molar-refractivity contribution in [3.05, 3.63) is 95.3 Å². The number of hydrogen-bond donors (Lipinski definition) is 3. The number of methoxy groups -OCH3 is 1. The number of para-hydroxylation sites is 2. The smallest absolute Gasteiger partial charge is 0.418 e. The fourth-order valence-electron chi connectivity index (χ4n) is 5.09. The molecule has 5 rings (SSSR count). The summed E-state index contributed by atoms with van der Waals surface area (Å²) in [7, 11) is 3.51. The summed E-state index contributed by atoms with van der Waals surface area (Å²) in [4.78, 5) is 25.7. The Morgan fingerprint density at radius 3 is 2.42 bits per heavy atom. The Kier molecular flexibility index (Phi) is 9.72. The molecule has 1 amide bonds. The second kappa shape index (κ2) is 13.9. The number of ether oxygens (including phenoxy) is 1. The number of aryl methyl sites for hydroxylation is 1. The highest BCUT2D eigenvalue weighted by Gasteiger charge is 2.35. The van der Waals surface area contributed by atoms with Crippen molar-refractivity contribution in [2.75, 3.05) is 61.2 Å². The minimum Gasteiger partial charge on any atom is -0.495 e. The van der Waals surface area contributed by atoms with E-state index in [9.17, 15) is 18.0 Å². The van der Waals surface area contributed by atoms with E-state index in [0.29, 0.717) is 67.8 Å². The zero-order valence-corrected chi connectivity index (χ0v) is 25.4. The Labute approximate surface area is 260 Å². The lowest BCUT2D eigenvalue weighted by atomic mass is 10.1. The molecule has 0 unspecified atom stereocenters. The van der Waals surface area contributed by atoms with Crippen LogP contribution in [-0.2, 0) is 19.1 Å². The summed E-state index contributed by atoms with van der Waals surface area (Å²) in [6.45, 7) is 4.82. The van der Waals surface area contributed by atoms with Crippen molar-refractivity contribution in [1.82, 2.24) is 14.9 Å². The van der Waals surface area contributed by atoms with Crippen LogP contribution in [0.15, 0.2) is 72.9 Å². The molecule has 1 saturated heterocycles. The monoisotopic (exact) mass is 619 g/mol. The molecule has 3 aromatic carbocycles. The normalized spacial score (nSPS) is 13.8. The number of rotatable bonds is 10. The Bertz CT molecular complexity index is 1620. The van der Waals surface area contributed by atoms with Gasteiger partial charge in [-0.1, -0.05) is 31.2 Å². The van der Waals surface area contributed by atoms with E-state index in [1.165, 1.54) is 12.3 Å². The van der Waals surface area contributed by atoms with Crippen LogP contribution >= 0.6 is 0 Å². The van der Waals surface area contributed by atoms with Gasteiger partial charge in [-0.3, -0.25) is 9.78 Å². The van der Waals surface area contributed by atoms with Crippen LogP contribution in [0.3, 0.4) is 0 Å². The van der Waals surface area contributed by atoms with Gasteiger partial charge in [-0.15, -0.1) is 0 Å². The molecule has 0 atom stereocenters. The van der Waals surface area contributed by atoms with Crippen LogP contribution in [0.4, 0.5) is 41.9 Å².